The van der Waals surface area contributed by atoms with Gasteiger partial charge in [-0.2, -0.15) is 14.0 Å². The van der Waals surface area contributed by atoms with Gasteiger partial charge in [-0.1, -0.05) is 36.0 Å². The molecule has 1 fully saturated rings. The largest absolute Gasteiger partial charge is 0.325 e. The van der Waals surface area contributed by atoms with Crippen LogP contribution in [-0.2, 0) is 16.9 Å². The van der Waals surface area contributed by atoms with Crippen LogP contribution >= 0.6 is 11.8 Å². The molecular weight excluding hydrogens is 372 g/mol. The summed E-state index contributed by atoms with van der Waals surface area (Å²) >= 11 is 0.435. The molecule has 1 N–H and O–H groups in total. The van der Waals surface area contributed by atoms with Crippen molar-refractivity contribution in [2.75, 3.05) is 0 Å². The van der Waals surface area contributed by atoms with Crippen LogP contribution in [0.3, 0.4) is 0 Å². The molecule has 5 nitrogen and oxygen atoms in total. The molecule has 8 heteroatoms. The molecule has 0 bridgehead atoms. The normalized spacial score (nSPS) is 19.3. The van der Waals surface area contributed by atoms with Gasteiger partial charge in [0, 0.05) is 4.90 Å². The summed E-state index contributed by atoms with van der Waals surface area (Å²) in [5.74, 6) is -2.92. The van der Waals surface area contributed by atoms with Crippen LogP contribution in [0.25, 0.3) is 0 Å². The van der Waals surface area contributed by atoms with Gasteiger partial charge >= 0.3 is 6.03 Å². The lowest BCUT2D eigenvalue weighted by Gasteiger charge is -2.22. The lowest BCUT2D eigenvalue weighted by molar-refractivity contribution is -0.131. The highest BCUT2D eigenvalue weighted by Gasteiger charge is 2.48. The van der Waals surface area contributed by atoms with E-state index in [1.165, 1.54) is 12.1 Å². The molecule has 0 aromatic heterocycles. The Labute approximate surface area is 159 Å². The summed E-state index contributed by atoms with van der Waals surface area (Å²) in [5, 5.41) is 11.6. The van der Waals surface area contributed by atoms with E-state index in [2.05, 4.69) is 5.32 Å². The maximum Gasteiger partial charge on any atom is 0.325 e. The summed E-state index contributed by atoms with van der Waals surface area (Å²) in [7, 11) is 0. The fraction of sp³-hybridized carbons (Fsp3) is 0.211. The number of urea groups is 1. The summed E-state index contributed by atoms with van der Waals surface area (Å²) in [6.45, 7) is 1.65. The van der Waals surface area contributed by atoms with Crippen molar-refractivity contribution < 1.29 is 18.4 Å². The molecule has 1 unspecified atom stereocenters. The Balaban J connectivity index is 1.78. The van der Waals surface area contributed by atoms with Crippen LogP contribution < -0.4 is 5.32 Å². The zero-order valence-corrected chi connectivity index (χ0v) is 15.1. The quantitative estimate of drug-likeness (QED) is 0.625. The molecule has 138 valence electrons. The van der Waals surface area contributed by atoms with E-state index in [-0.39, 0.29) is 6.54 Å². The number of nitriles is 1. The highest BCUT2D eigenvalue weighted by atomic mass is 32.2. The third-order valence-corrected chi connectivity index (χ3v) is 5.08. The molecule has 0 spiro atoms. The molecule has 1 aliphatic heterocycles. The van der Waals surface area contributed by atoms with Crippen LogP contribution in [0.15, 0.2) is 53.4 Å². The molecule has 0 radical (unpaired) electrons. The zero-order chi connectivity index (χ0) is 19.6. The van der Waals surface area contributed by atoms with E-state index < -0.39 is 23.2 Å². The van der Waals surface area contributed by atoms with Gasteiger partial charge in [0.15, 0.2) is 0 Å². The van der Waals surface area contributed by atoms with Crippen molar-refractivity contribution in [3.63, 3.8) is 0 Å². The maximum absolute atomic E-state index is 12.9. The Hall–Kier alpha value is -2.92. The number of hydrogen-bond donors (Lipinski definition) is 1. The van der Waals surface area contributed by atoms with Crippen LogP contribution in [0.4, 0.5) is 13.6 Å². The molecule has 0 saturated carbocycles. The van der Waals surface area contributed by atoms with E-state index in [0.29, 0.717) is 33.3 Å². The average Bonchev–Trinajstić information content (AvgIpc) is 2.87. The smallest absolute Gasteiger partial charge is 0.319 e. The standard InChI is InChI=1S/C19H15F2N3O2S/c1-19(14-6-2-12(10-22)3-7-14)16(25)24(18(26)23-19)11-13-4-8-15(9-5-13)27-17(20)21/h2-9,17H,11H2,1H3,(H,23,26). The fourth-order valence-corrected chi connectivity index (χ4v) is 3.37. The highest BCUT2D eigenvalue weighted by Crippen LogP contribution is 2.30. The average molecular weight is 387 g/mol. The third kappa shape index (κ3) is 3.78. The van der Waals surface area contributed by atoms with Gasteiger partial charge in [-0.3, -0.25) is 9.69 Å². The van der Waals surface area contributed by atoms with Gasteiger partial charge in [-0.15, -0.1) is 0 Å². The van der Waals surface area contributed by atoms with Crippen molar-refractivity contribution >= 4 is 23.7 Å². The zero-order valence-electron chi connectivity index (χ0n) is 14.3. The van der Waals surface area contributed by atoms with E-state index in [4.69, 9.17) is 5.26 Å². The molecule has 3 rings (SSSR count). The molecule has 27 heavy (non-hydrogen) atoms. The van der Waals surface area contributed by atoms with Gasteiger partial charge in [0.1, 0.15) is 5.54 Å². The predicted molar refractivity (Wildman–Crippen MR) is 95.9 cm³/mol. The van der Waals surface area contributed by atoms with E-state index in [0.717, 1.165) is 4.90 Å². The molecule has 1 saturated heterocycles. The lowest BCUT2D eigenvalue weighted by atomic mass is 9.91. The molecule has 3 amide bonds. The monoisotopic (exact) mass is 387 g/mol. The van der Waals surface area contributed by atoms with Gasteiger partial charge in [0.05, 0.1) is 18.2 Å². The molecular formula is C19H15F2N3O2S. The lowest BCUT2D eigenvalue weighted by Crippen LogP contribution is -2.40. The summed E-state index contributed by atoms with van der Waals surface area (Å²) in [4.78, 5) is 26.7. The minimum absolute atomic E-state index is 0.0379. The summed E-state index contributed by atoms with van der Waals surface area (Å²) in [6.07, 6.45) is 0. The Morgan fingerprint density at radius 3 is 2.33 bits per heavy atom. The van der Waals surface area contributed by atoms with E-state index in [1.807, 2.05) is 6.07 Å². The van der Waals surface area contributed by atoms with Crippen LogP contribution in [0.2, 0.25) is 0 Å². The molecule has 1 heterocycles. The van der Waals surface area contributed by atoms with Crippen molar-refractivity contribution in [1.82, 2.24) is 10.2 Å². The first-order valence-corrected chi connectivity index (χ1v) is 8.90. The Morgan fingerprint density at radius 1 is 1.15 bits per heavy atom. The number of alkyl halides is 2. The Bertz CT molecular complexity index is 910. The molecule has 1 atom stereocenters. The van der Waals surface area contributed by atoms with Crippen LogP contribution in [-0.4, -0.2) is 22.6 Å². The van der Waals surface area contributed by atoms with Crippen molar-refractivity contribution in [2.45, 2.75) is 29.7 Å². The number of hydrogen-bond acceptors (Lipinski definition) is 4. The maximum atomic E-state index is 12.9. The number of amides is 3. The summed E-state index contributed by atoms with van der Waals surface area (Å²) in [6, 6.07) is 14.2. The van der Waals surface area contributed by atoms with Gasteiger partial charge in [-0.05, 0) is 42.3 Å². The number of nitrogens with one attached hydrogen (secondary N) is 1. The summed E-state index contributed by atoms with van der Waals surface area (Å²) in [5.41, 5.74) is 0.459. The molecule has 1 aliphatic rings. The van der Waals surface area contributed by atoms with Gasteiger partial charge < -0.3 is 5.32 Å². The van der Waals surface area contributed by atoms with Gasteiger partial charge in [0.2, 0.25) is 0 Å². The van der Waals surface area contributed by atoms with Crippen molar-refractivity contribution in [3.8, 4) is 6.07 Å². The SMILES string of the molecule is CC1(c2ccc(C#N)cc2)NC(=O)N(Cc2ccc(SC(F)F)cc2)C1=O. The predicted octanol–water partition coefficient (Wildman–Crippen LogP) is 3.84. The Morgan fingerprint density at radius 2 is 1.78 bits per heavy atom. The molecule has 2 aromatic carbocycles. The summed E-state index contributed by atoms with van der Waals surface area (Å²) < 4.78 is 24.8. The molecule has 2 aromatic rings. The minimum atomic E-state index is -2.50. The number of halogens is 2. The van der Waals surface area contributed by atoms with Crippen LogP contribution in [0.1, 0.15) is 23.6 Å². The second-order valence-corrected chi connectivity index (χ2v) is 7.22. The van der Waals surface area contributed by atoms with Crippen molar-refractivity contribution in [3.05, 3.63) is 65.2 Å². The van der Waals surface area contributed by atoms with Crippen LogP contribution in [0, 0.1) is 11.3 Å². The number of benzene rings is 2. The van der Waals surface area contributed by atoms with E-state index >= 15 is 0 Å². The first kappa shape index (κ1) is 18.9. The number of carbonyl (C=O) groups is 2. The number of thioether (sulfide) groups is 1. The topological polar surface area (TPSA) is 73.2 Å². The Kier molecular flexibility index (Phi) is 5.15. The second kappa shape index (κ2) is 7.37. The van der Waals surface area contributed by atoms with E-state index in [9.17, 15) is 18.4 Å². The minimum Gasteiger partial charge on any atom is -0.319 e. The number of carbonyl (C=O) groups excluding carboxylic acids is 2. The third-order valence-electron chi connectivity index (χ3n) is 4.36. The van der Waals surface area contributed by atoms with Crippen LogP contribution in [0.5, 0.6) is 0 Å². The highest BCUT2D eigenvalue weighted by molar-refractivity contribution is 7.99. The van der Waals surface area contributed by atoms with Crippen molar-refractivity contribution in [2.24, 2.45) is 0 Å². The number of imide groups is 1. The fourth-order valence-electron chi connectivity index (χ4n) is 2.87. The molecule has 0 aliphatic carbocycles. The van der Waals surface area contributed by atoms with Gasteiger partial charge in [-0.25, -0.2) is 4.79 Å². The van der Waals surface area contributed by atoms with E-state index in [1.54, 1.807) is 43.3 Å². The second-order valence-electron chi connectivity index (χ2n) is 6.16. The number of nitrogens with zero attached hydrogens (tertiary/aromatic N) is 2. The first-order valence-electron chi connectivity index (χ1n) is 8.02. The first-order chi connectivity index (χ1) is 12.8. The number of rotatable bonds is 5. The van der Waals surface area contributed by atoms with Gasteiger partial charge in [0.25, 0.3) is 11.7 Å². The van der Waals surface area contributed by atoms with Crippen molar-refractivity contribution in [1.29, 1.82) is 5.26 Å².